The van der Waals surface area contributed by atoms with Crippen LogP contribution in [0, 0.1) is 28.6 Å². The van der Waals surface area contributed by atoms with E-state index in [1.54, 1.807) is 59.5 Å². The number of carbonyl (C=O) groups excluding carboxylic acids is 1. The molecule has 4 rings (SSSR count). The normalized spacial score (nSPS) is 13.1. The number of nitrogens with one attached hydrogen (secondary N) is 1. The number of ether oxygens (including phenoxy) is 2. The maximum Gasteiger partial charge on any atom is 0.404 e. The van der Waals surface area contributed by atoms with Gasteiger partial charge in [-0.1, -0.05) is 24.3 Å². The molecular formula is C31H30N4O5. The van der Waals surface area contributed by atoms with Crippen molar-refractivity contribution in [3.8, 4) is 23.6 Å². The lowest BCUT2D eigenvalue weighted by molar-refractivity contribution is 0.0686. The molecule has 204 valence electrons. The highest BCUT2D eigenvalue weighted by Crippen LogP contribution is 2.28. The van der Waals surface area contributed by atoms with Crippen LogP contribution in [0.3, 0.4) is 0 Å². The minimum atomic E-state index is -1.02. The van der Waals surface area contributed by atoms with Crippen molar-refractivity contribution in [3.63, 3.8) is 0 Å². The third kappa shape index (κ3) is 7.99. The predicted molar refractivity (Wildman–Crippen MR) is 147 cm³/mol. The van der Waals surface area contributed by atoms with Gasteiger partial charge < -0.3 is 24.8 Å². The first kappa shape index (κ1) is 28.0. The van der Waals surface area contributed by atoms with Crippen LogP contribution in [-0.4, -0.2) is 41.6 Å². The molecule has 3 aromatic rings. The van der Waals surface area contributed by atoms with Gasteiger partial charge >= 0.3 is 6.09 Å². The summed E-state index contributed by atoms with van der Waals surface area (Å²) in [5, 5.41) is 29.5. The predicted octanol–water partition coefficient (Wildman–Crippen LogP) is 5.10. The van der Waals surface area contributed by atoms with Crippen LogP contribution in [0.2, 0.25) is 0 Å². The quantitative estimate of drug-likeness (QED) is 0.367. The standard InChI is InChI=1S/C31H30N4O5/c32-18-23-3-1-5-25(13-23)20-39-28-15-27(16-29(17-28)40-21-26-6-2-4-24(14-26)19-33)30(36)35-11-8-22(9-12-35)7-10-34-31(37)38/h1-6,13-17,22,34H,7-12,20-21H2,(H,37,38). The van der Waals surface area contributed by atoms with Gasteiger partial charge in [-0.3, -0.25) is 4.79 Å². The Balaban J connectivity index is 1.47. The zero-order valence-corrected chi connectivity index (χ0v) is 22.0. The summed E-state index contributed by atoms with van der Waals surface area (Å²) in [6.07, 6.45) is 1.33. The lowest BCUT2D eigenvalue weighted by Crippen LogP contribution is -2.39. The minimum Gasteiger partial charge on any atom is -0.489 e. The summed E-state index contributed by atoms with van der Waals surface area (Å²) in [5.41, 5.74) is 3.17. The zero-order valence-electron chi connectivity index (χ0n) is 22.0. The summed E-state index contributed by atoms with van der Waals surface area (Å²) in [6, 6.07) is 23.6. The minimum absolute atomic E-state index is 0.129. The van der Waals surface area contributed by atoms with Crippen molar-refractivity contribution in [2.75, 3.05) is 19.6 Å². The van der Waals surface area contributed by atoms with E-state index in [0.717, 1.165) is 30.4 Å². The molecule has 0 spiro atoms. The second-order valence-corrected chi connectivity index (χ2v) is 9.65. The molecule has 0 atom stereocenters. The van der Waals surface area contributed by atoms with E-state index >= 15 is 0 Å². The number of nitrogens with zero attached hydrogens (tertiary/aromatic N) is 3. The molecule has 9 heteroatoms. The Morgan fingerprint density at radius 1 is 0.875 bits per heavy atom. The van der Waals surface area contributed by atoms with E-state index in [0.29, 0.717) is 53.7 Å². The van der Waals surface area contributed by atoms with Gasteiger partial charge in [0.05, 0.1) is 23.3 Å². The van der Waals surface area contributed by atoms with Crippen molar-refractivity contribution in [1.29, 1.82) is 10.5 Å². The lowest BCUT2D eigenvalue weighted by Gasteiger charge is -2.32. The number of nitriles is 2. The smallest absolute Gasteiger partial charge is 0.404 e. The fourth-order valence-corrected chi connectivity index (χ4v) is 4.65. The summed E-state index contributed by atoms with van der Waals surface area (Å²) in [6.45, 7) is 2.00. The van der Waals surface area contributed by atoms with E-state index < -0.39 is 6.09 Å². The molecule has 1 aliphatic heterocycles. The summed E-state index contributed by atoms with van der Waals surface area (Å²) in [5.74, 6) is 1.15. The fraction of sp³-hybridized carbons (Fsp3) is 0.290. The average molecular weight is 539 g/mol. The van der Waals surface area contributed by atoms with Crippen LogP contribution in [0.5, 0.6) is 11.5 Å². The fourth-order valence-electron chi connectivity index (χ4n) is 4.65. The van der Waals surface area contributed by atoms with Crippen molar-refractivity contribution in [2.45, 2.75) is 32.5 Å². The molecule has 1 saturated heterocycles. The largest absolute Gasteiger partial charge is 0.489 e. The second kappa shape index (κ2) is 13.7. The molecule has 2 amide bonds. The molecule has 40 heavy (non-hydrogen) atoms. The molecule has 0 unspecified atom stereocenters. The van der Waals surface area contributed by atoms with Crippen LogP contribution >= 0.6 is 0 Å². The van der Waals surface area contributed by atoms with E-state index in [1.165, 1.54) is 0 Å². The van der Waals surface area contributed by atoms with E-state index in [4.69, 9.17) is 14.6 Å². The topological polar surface area (TPSA) is 136 Å². The maximum absolute atomic E-state index is 13.5. The molecule has 0 saturated carbocycles. The number of likely N-dealkylation sites (tertiary alicyclic amines) is 1. The monoisotopic (exact) mass is 538 g/mol. The molecule has 1 aliphatic rings. The molecule has 1 fully saturated rings. The van der Waals surface area contributed by atoms with Crippen LogP contribution in [-0.2, 0) is 13.2 Å². The molecular weight excluding hydrogens is 508 g/mol. The Kier molecular flexibility index (Phi) is 9.58. The van der Waals surface area contributed by atoms with Crippen molar-refractivity contribution in [1.82, 2.24) is 10.2 Å². The highest BCUT2D eigenvalue weighted by atomic mass is 16.5. The second-order valence-electron chi connectivity index (χ2n) is 9.65. The number of amides is 2. The molecule has 3 aromatic carbocycles. The number of benzene rings is 3. The van der Waals surface area contributed by atoms with E-state index in [2.05, 4.69) is 17.5 Å². The van der Waals surface area contributed by atoms with Crippen molar-refractivity contribution in [3.05, 3.63) is 94.5 Å². The summed E-state index contributed by atoms with van der Waals surface area (Å²) in [4.78, 5) is 26.0. The summed E-state index contributed by atoms with van der Waals surface area (Å²) in [7, 11) is 0. The number of hydrogen-bond acceptors (Lipinski definition) is 6. The number of rotatable bonds is 10. The van der Waals surface area contributed by atoms with Crippen LogP contribution < -0.4 is 14.8 Å². The third-order valence-electron chi connectivity index (χ3n) is 6.78. The van der Waals surface area contributed by atoms with E-state index in [9.17, 15) is 20.1 Å². The summed E-state index contributed by atoms with van der Waals surface area (Å²) >= 11 is 0. The lowest BCUT2D eigenvalue weighted by atomic mass is 9.93. The van der Waals surface area contributed by atoms with E-state index in [1.807, 2.05) is 12.1 Å². The Hall–Kier alpha value is -5.02. The zero-order chi connectivity index (χ0) is 28.3. The van der Waals surface area contributed by atoms with Crippen LogP contribution in [0.15, 0.2) is 66.7 Å². The van der Waals surface area contributed by atoms with Gasteiger partial charge in [0.15, 0.2) is 0 Å². The number of hydrogen-bond donors (Lipinski definition) is 2. The van der Waals surface area contributed by atoms with Crippen LogP contribution in [0.4, 0.5) is 4.79 Å². The van der Waals surface area contributed by atoms with Crippen molar-refractivity contribution >= 4 is 12.0 Å². The molecule has 0 bridgehead atoms. The van der Waals surface area contributed by atoms with Crippen LogP contribution in [0.25, 0.3) is 0 Å². The molecule has 2 N–H and O–H groups in total. The summed E-state index contributed by atoms with van der Waals surface area (Å²) < 4.78 is 12.0. The van der Waals surface area contributed by atoms with Gasteiger partial charge in [-0.2, -0.15) is 10.5 Å². The van der Waals surface area contributed by atoms with Crippen molar-refractivity contribution in [2.24, 2.45) is 5.92 Å². The van der Waals surface area contributed by atoms with Crippen molar-refractivity contribution < 1.29 is 24.2 Å². The Bertz CT molecular complexity index is 1350. The van der Waals surface area contributed by atoms with Gasteiger partial charge in [-0.25, -0.2) is 4.79 Å². The first-order valence-electron chi connectivity index (χ1n) is 13.1. The van der Waals surface area contributed by atoms with Gasteiger partial charge in [0.1, 0.15) is 24.7 Å². The number of carboxylic acid groups (broad SMARTS) is 1. The van der Waals surface area contributed by atoms with Gasteiger partial charge in [-0.05, 0) is 72.7 Å². The van der Waals surface area contributed by atoms with Gasteiger partial charge in [0.25, 0.3) is 5.91 Å². The number of piperidine rings is 1. The Morgan fingerprint density at radius 2 is 1.43 bits per heavy atom. The van der Waals surface area contributed by atoms with Crippen LogP contribution in [0.1, 0.15) is 51.9 Å². The molecule has 9 nitrogen and oxygen atoms in total. The highest BCUT2D eigenvalue weighted by Gasteiger charge is 2.24. The highest BCUT2D eigenvalue weighted by molar-refractivity contribution is 5.95. The average Bonchev–Trinajstić information content (AvgIpc) is 2.99. The number of carbonyl (C=O) groups is 2. The first-order valence-corrected chi connectivity index (χ1v) is 13.1. The Labute approximate surface area is 233 Å². The third-order valence-corrected chi connectivity index (χ3v) is 6.78. The first-order chi connectivity index (χ1) is 19.4. The SMILES string of the molecule is N#Cc1cccc(COc2cc(OCc3cccc(C#N)c3)cc(C(=O)N3CCC(CCNC(=O)O)CC3)c2)c1. The van der Waals surface area contributed by atoms with Gasteiger partial charge in [0.2, 0.25) is 0 Å². The molecule has 1 heterocycles. The maximum atomic E-state index is 13.5. The van der Waals surface area contributed by atoms with E-state index in [-0.39, 0.29) is 19.1 Å². The van der Waals surface area contributed by atoms with Gasteiger partial charge in [-0.15, -0.1) is 0 Å². The molecule has 0 radical (unpaired) electrons. The Morgan fingerprint density at radius 3 is 1.93 bits per heavy atom. The molecule has 0 aromatic heterocycles. The molecule has 0 aliphatic carbocycles. The van der Waals surface area contributed by atoms with Gasteiger partial charge in [0, 0.05) is 31.3 Å².